The first-order valence-corrected chi connectivity index (χ1v) is 21.3. The molecule has 3 atom stereocenters. The molecule has 336 valence electrons. The molecule has 0 unspecified atom stereocenters. The van der Waals surface area contributed by atoms with Crippen molar-refractivity contribution in [3.05, 3.63) is 104 Å². The van der Waals surface area contributed by atoms with Gasteiger partial charge in [-0.25, -0.2) is 44.7 Å². The van der Waals surface area contributed by atoms with Crippen LogP contribution in [-0.2, 0) is 40.3 Å². The van der Waals surface area contributed by atoms with Crippen molar-refractivity contribution in [2.45, 2.75) is 74.8 Å². The summed E-state index contributed by atoms with van der Waals surface area (Å²) in [6.07, 6.45) is -5.14. The number of fused-ring (bicyclic) bond motifs is 4. The van der Waals surface area contributed by atoms with Gasteiger partial charge in [0.05, 0.1) is 40.0 Å². The van der Waals surface area contributed by atoms with E-state index < -0.39 is 118 Å². The fourth-order valence-electron chi connectivity index (χ4n) is 8.17. The van der Waals surface area contributed by atoms with Crippen LogP contribution in [0.4, 0.5) is 40.9 Å². The number of halogens is 9. The third-order valence-corrected chi connectivity index (χ3v) is 13.2. The summed E-state index contributed by atoms with van der Waals surface area (Å²) in [4.78, 5) is 41.7. The predicted molar refractivity (Wildman–Crippen MR) is 210 cm³/mol. The average Bonchev–Trinajstić information content (AvgIpc) is 4.14. The molecule has 25 heteroatoms. The Labute approximate surface area is 360 Å². The number of benzene rings is 2. The molecular formula is C39H31ClF8N10O5S. The third kappa shape index (κ3) is 7.79. The molecule has 64 heavy (non-hydrogen) atoms. The highest BCUT2D eigenvalue weighted by Crippen LogP contribution is 2.68. The van der Waals surface area contributed by atoms with Crippen molar-refractivity contribution in [3.8, 4) is 23.1 Å². The summed E-state index contributed by atoms with van der Waals surface area (Å²) < 4.78 is 153. The predicted octanol–water partition coefficient (Wildman–Crippen LogP) is 6.59. The number of nitrogens with one attached hydrogen (secondary N) is 2. The van der Waals surface area contributed by atoms with Crippen molar-refractivity contribution in [2.24, 2.45) is 5.92 Å². The van der Waals surface area contributed by atoms with Crippen molar-refractivity contribution in [3.63, 3.8) is 0 Å². The van der Waals surface area contributed by atoms with E-state index in [1.54, 1.807) is 0 Å². The Balaban J connectivity index is 1.25. The van der Waals surface area contributed by atoms with Crippen molar-refractivity contribution in [2.75, 3.05) is 11.8 Å². The van der Waals surface area contributed by atoms with Gasteiger partial charge in [-0.3, -0.25) is 28.2 Å². The van der Waals surface area contributed by atoms with Crippen LogP contribution >= 0.6 is 11.6 Å². The minimum absolute atomic E-state index is 0.0125. The molecule has 15 nitrogen and oxygen atoms in total. The Hall–Kier alpha value is -6.17. The van der Waals surface area contributed by atoms with E-state index in [9.17, 15) is 44.3 Å². The number of hydrogen-bond acceptors (Lipinski definition) is 10. The molecule has 1 amide bonds. The van der Waals surface area contributed by atoms with Crippen LogP contribution in [-0.4, -0.2) is 72.2 Å². The second kappa shape index (κ2) is 15.8. The van der Waals surface area contributed by atoms with Crippen LogP contribution in [0.3, 0.4) is 0 Å². The number of anilines is 1. The van der Waals surface area contributed by atoms with Crippen LogP contribution in [0.2, 0.25) is 5.02 Å². The summed E-state index contributed by atoms with van der Waals surface area (Å²) in [5.74, 6) is -10.2. The van der Waals surface area contributed by atoms with E-state index in [0.29, 0.717) is 28.3 Å². The van der Waals surface area contributed by atoms with Crippen LogP contribution in [0, 0.1) is 17.6 Å². The first-order valence-electron chi connectivity index (χ1n) is 19.4. The monoisotopic (exact) mass is 938 g/mol. The number of aromatic nitrogens is 8. The topological polar surface area (TPSA) is 181 Å². The first-order chi connectivity index (χ1) is 30.3. The molecule has 4 heterocycles. The molecule has 0 bridgehead atoms. The second-order valence-electron chi connectivity index (χ2n) is 15.4. The zero-order chi connectivity index (χ0) is 45.6. The van der Waals surface area contributed by atoms with Crippen LogP contribution in [0.5, 0.6) is 5.88 Å². The lowest BCUT2D eigenvalue weighted by Gasteiger charge is -2.24. The average molecular weight is 939 g/mol. The van der Waals surface area contributed by atoms with Gasteiger partial charge in [-0.1, -0.05) is 11.6 Å². The Morgan fingerprint density at radius 1 is 1.02 bits per heavy atom. The van der Waals surface area contributed by atoms with Gasteiger partial charge in [-0.2, -0.15) is 24.0 Å². The normalized spacial score (nSPS) is 18.1. The molecule has 2 N–H and O–H groups in total. The summed E-state index contributed by atoms with van der Waals surface area (Å²) in [5.41, 5.74) is -4.22. The van der Waals surface area contributed by atoms with E-state index in [0.717, 1.165) is 22.8 Å². The van der Waals surface area contributed by atoms with Gasteiger partial charge in [0.2, 0.25) is 21.8 Å². The van der Waals surface area contributed by atoms with Gasteiger partial charge < -0.3 is 10.1 Å². The molecule has 2 aromatic carbocycles. The molecule has 0 aliphatic heterocycles. The highest BCUT2D eigenvalue weighted by atomic mass is 35.5. The number of nitrogens with zero attached hydrogens (tertiary/aromatic N) is 8. The first kappa shape index (κ1) is 43.1. The molecule has 3 aliphatic carbocycles. The number of carbonyl (C=O) groups excluding carboxylic acids is 1. The largest absolute Gasteiger partial charge is 0.481 e. The minimum atomic E-state index is -4.09. The zero-order valence-corrected chi connectivity index (χ0v) is 34.3. The standard InChI is InChI=1S/C39H31ClF8N10O5S/c1-63-28-6-7-49-36(52-28)23-13-29(60)58(25-5-4-22(40)31-33(25)56(14-26(43)44)54-37(31)55-64(61,62)19-2-3-19)38(51-23)24(10-16-8-17(41)11-18(42)9-16)50-27(59)15-57-34-30(32(53-57)35(45)46)20-12-21(20)39(34,47)48/h4-9,11,13,19-21,24,26,35H,2-3,10,12,14-15H2,1H3,(H,50,59)(H,54,55)/t20-,21+,24-/m0/s1. The van der Waals surface area contributed by atoms with Gasteiger partial charge in [0, 0.05) is 42.3 Å². The number of amides is 1. The van der Waals surface area contributed by atoms with Gasteiger partial charge >= 0.3 is 0 Å². The van der Waals surface area contributed by atoms with Crippen molar-refractivity contribution >= 4 is 44.3 Å². The van der Waals surface area contributed by atoms with Gasteiger partial charge in [0.25, 0.3) is 24.3 Å². The molecule has 0 radical (unpaired) electrons. The molecular weight excluding hydrogens is 908 g/mol. The quantitative estimate of drug-likeness (QED) is 0.107. The molecule has 3 aliphatic rings. The fourth-order valence-corrected chi connectivity index (χ4v) is 9.75. The molecule has 0 saturated heterocycles. The highest BCUT2D eigenvalue weighted by Gasteiger charge is 2.67. The fraction of sp³-hybridized carbons (Fsp3) is 0.359. The number of alkyl halides is 6. The Morgan fingerprint density at radius 2 is 1.75 bits per heavy atom. The van der Waals surface area contributed by atoms with E-state index in [1.165, 1.54) is 31.5 Å². The number of hydrogen-bond donors (Lipinski definition) is 2. The molecule has 2 saturated carbocycles. The number of sulfonamides is 1. The zero-order valence-electron chi connectivity index (χ0n) is 32.8. The maximum atomic E-state index is 15.5. The number of carbonyl (C=O) groups is 1. The molecule has 6 aromatic rings. The highest BCUT2D eigenvalue weighted by molar-refractivity contribution is 7.93. The SMILES string of the molecule is COc1ccnc(-c2cc(=O)n(-c3ccc(Cl)c4c(NS(=O)(=O)C5CC5)nn(CC(F)F)c34)c([C@H](Cc3cc(F)cc(F)c3)NC(=O)Cn3nc(C(F)F)c4c3C(F)(F)[C@@H]3C[C@H]43)n2)n1. The Bertz CT molecular complexity index is 3030. The second-order valence-corrected chi connectivity index (χ2v) is 17.8. The van der Waals surface area contributed by atoms with Crippen molar-refractivity contribution in [1.82, 2.24) is 44.4 Å². The molecule has 0 spiro atoms. The van der Waals surface area contributed by atoms with Crippen LogP contribution in [0.25, 0.3) is 28.1 Å². The molecule has 4 aromatic heterocycles. The van der Waals surface area contributed by atoms with E-state index in [2.05, 4.69) is 35.2 Å². The van der Waals surface area contributed by atoms with Gasteiger partial charge in [0.1, 0.15) is 47.6 Å². The van der Waals surface area contributed by atoms with Crippen molar-refractivity contribution in [1.29, 1.82) is 0 Å². The van der Waals surface area contributed by atoms with E-state index in [1.807, 2.05) is 0 Å². The summed E-state index contributed by atoms with van der Waals surface area (Å²) in [6.45, 7) is -2.25. The third-order valence-electron chi connectivity index (χ3n) is 11.1. The number of ether oxygens (including phenoxy) is 1. The van der Waals surface area contributed by atoms with Gasteiger partial charge in [-0.15, -0.1) is 0 Å². The Kier molecular flexibility index (Phi) is 10.7. The maximum Gasteiger partial charge on any atom is 0.293 e. The smallest absolute Gasteiger partial charge is 0.293 e. The van der Waals surface area contributed by atoms with Crippen molar-refractivity contribution < 1.29 is 53.1 Å². The lowest BCUT2D eigenvalue weighted by Crippen LogP contribution is -2.38. The van der Waals surface area contributed by atoms with Crippen LogP contribution in [0.15, 0.2) is 53.5 Å². The lowest BCUT2D eigenvalue weighted by atomic mass is 10.0. The number of rotatable bonds is 15. The maximum absolute atomic E-state index is 15.5. The molecule has 2 fully saturated rings. The van der Waals surface area contributed by atoms with Crippen LogP contribution in [0.1, 0.15) is 66.0 Å². The van der Waals surface area contributed by atoms with Gasteiger partial charge in [-0.05, 0) is 55.0 Å². The van der Waals surface area contributed by atoms with E-state index >= 15 is 8.78 Å². The summed E-state index contributed by atoms with van der Waals surface area (Å²) in [6, 6.07) is 5.30. The van der Waals surface area contributed by atoms with E-state index in [-0.39, 0.29) is 56.6 Å². The number of methoxy groups -OCH3 is 1. The van der Waals surface area contributed by atoms with Crippen LogP contribution < -0.4 is 20.3 Å². The van der Waals surface area contributed by atoms with E-state index in [4.69, 9.17) is 16.3 Å². The van der Waals surface area contributed by atoms with Gasteiger partial charge in [0.15, 0.2) is 11.6 Å². The summed E-state index contributed by atoms with van der Waals surface area (Å²) >= 11 is 6.60. The summed E-state index contributed by atoms with van der Waals surface area (Å²) in [7, 11) is -2.80. The minimum Gasteiger partial charge on any atom is -0.481 e. The Morgan fingerprint density at radius 3 is 2.42 bits per heavy atom. The lowest BCUT2D eigenvalue weighted by molar-refractivity contribution is -0.123. The molecule has 9 rings (SSSR count). The summed E-state index contributed by atoms with van der Waals surface area (Å²) in [5, 5.41) is 9.12.